The lowest BCUT2D eigenvalue weighted by atomic mass is 10.0. The van der Waals surface area contributed by atoms with Crippen molar-refractivity contribution in [1.82, 2.24) is 14.5 Å². The van der Waals surface area contributed by atoms with Gasteiger partial charge in [-0.25, -0.2) is 8.42 Å². The number of hydrogen-bond donors (Lipinski definition) is 1. The highest BCUT2D eigenvalue weighted by atomic mass is 32.2. The molecule has 7 heteroatoms. The Hall–Kier alpha value is -1.44. The lowest BCUT2D eigenvalue weighted by Gasteiger charge is -2.18. The van der Waals surface area contributed by atoms with Crippen LogP contribution >= 0.6 is 0 Å². The van der Waals surface area contributed by atoms with Crippen LogP contribution in [-0.2, 0) is 27.7 Å². The van der Waals surface area contributed by atoms with Crippen LogP contribution in [0, 0.1) is 0 Å². The van der Waals surface area contributed by atoms with Gasteiger partial charge in [-0.3, -0.25) is 4.79 Å². The van der Waals surface area contributed by atoms with E-state index in [1.165, 1.54) is 0 Å². The third kappa shape index (κ3) is 3.34. The summed E-state index contributed by atoms with van der Waals surface area (Å²) in [7, 11) is -1.58. The number of amides is 1. The summed E-state index contributed by atoms with van der Waals surface area (Å²) in [4.78, 5) is 13.8. The topological polar surface area (TPSA) is 69.7 Å². The van der Waals surface area contributed by atoms with E-state index in [4.69, 9.17) is 0 Å². The quantitative estimate of drug-likeness (QED) is 0.867. The maximum absolute atomic E-state index is 12.9. The van der Waals surface area contributed by atoms with Crippen LogP contribution in [0.1, 0.15) is 24.5 Å². The van der Waals surface area contributed by atoms with Crippen molar-refractivity contribution in [2.24, 2.45) is 0 Å². The molecule has 1 aromatic rings. The molecule has 1 amide bonds. The van der Waals surface area contributed by atoms with Gasteiger partial charge in [0.05, 0.1) is 4.90 Å². The van der Waals surface area contributed by atoms with Crippen molar-refractivity contribution in [2.45, 2.75) is 37.1 Å². The molecule has 1 fully saturated rings. The molecule has 1 unspecified atom stereocenters. The number of carbonyl (C=O) groups is 1. The Morgan fingerprint density at radius 2 is 1.88 bits per heavy atom. The minimum Gasteiger partial charge on any atom is -0.342 e. The molecule has 0 aliphatic carbocycles. The molecule has 2 aliphatic heterocycles. The zero-order valence-corrected chi connectivity index (χ0v) is 15.1. The van der Waals surface area contributed by atoms with Gasteiger partial charge in [0.25, 0.3) is 0 Å². The van der Waals surface area contributed by atoms with E-state index in [1.54, 1.807) is 23.4 Å². The van der Waals surface area contributed by atoms with Crippen LogP contribution in [0.15, 0.2) is 23.1 Å². The van der Waals surface area contributed by atoms with Gasteiger partial charge in [0.1, 0.15) is 0 Å². The van der Waals surface area contributed by atoms with Crippen LogP contribution in [0.5, 0.6) is 0 Å². The van der Waals surface area contributed by atoms with E-state index in [1.807, 2.05) is 18.0 Å². The van der Waals surface area contributed by atoms with Crippen molar-refractivity contribution >= 4 is 15.9 Å². The van der Waals surface area contributed by atoms with Crippen molar-refractivity contribution in [3.63, 3.8) is 0 Å². The molecule has 1 saturated heterocycles. The fourth-order valence-electron chi connectivity index (χ4n) is 3.51. The normalized spacial score (nSPS) is 22.2. The highest BCUT2D eigenvalue weighted by Crippen LogP contribution is 2.25. The number of carbonyl (C=O) groups excluding carboxylic acids is 1. The highest BCUT2D eigenvalue weighted by Gasteiger charge is 2.32. The maximum Gasteiger partial charge on any atom is 0.243 e. The SMILES string of the molecule is CNC1CCN(S(=O)(=O)c2ccc3c(c2)CCN(C(C)=O)CC3)C1. The molecule has 132 valence electrons. The summed E-state index contributed by atoms with van der Waals surface area (Å²) >= 11 is 0. The van der Waals surface area contributed by atoms with E-state index in [0.717, 1.165) is 24.0 Å². The van der Waals surface area contributed by atoms with E-state index < -0.39 is 10.0 Å². The lowest BCUT2D eigenvalue weighted by Crippen LogP contribution is -2.33. The second-order valence-electron chi connectivity index (χ2n) is 6.57. The van der Waals surface area contributed by atoms with Gasteiger partial charge in [-0.1, -0.05) is 6.07 Å². The highest BCUT2D eigenvalue weighted by molar-refractivity contribution is 7.89. The number of nitrogens with zero attached hydrogens (tertiary/aromatic N) is 2. The minimum atomic E-state index is -3.44. The number of likely N-dealkylation sites (N-methyl/N-ethyl adjacent to an activating group) is 1. The molecule has 2 heterocycles. The minimum absolute atomic E-state index is 0.0748. The van der Waals surface area contributed by atoms with Crippen molar-refractivity contribution in [3.05, 3.63) is 29.3 Å². The van der Waals surface area contributed by atoms with Crippen LogP contribution in [0.3, 0.4) is 0 Å². The van der Waals surface area contributed by atoms with E-state index >= 15 is 0 Å². The zero-order valence-electron chi connectivity index (χ0n) is 14.3. The first kappa shape index (κ1) is 17.4. The summed E-state index contributed by atoms with van der Waals surface area (Å²) in [6.45, 7) is 4.01. The van der Waals surface area contributed by atoms with Crippen LogP contribution in [-0.4, -0.2) is 62.8 Å². The van der Waals surface area contributed by atoms with Gasteiger partial charge in [-0.2, -0.15) is 4.31 Å². The van der Waals surface area contributed by atoms with Gasteiger partial charge in [0.2, 0.25) is 15.9 Å². The van der Waals surface area contributed by atoms with Crippen molar-refractivity contribution in [1.29, 1.82) is 0 Å². The Kier molecular flexibility index (Phi) is 4.94. The fraction of sp³-hybridized carbons (Fsp3) is 0.588. The molecule has 0 spiro atoms. The molecule has 0 radical (unpaired) electrons. The first-order valence-corrected chi connectivity index (χ1v) is 9.90. The average molecular weight is 351 g/mol. The lowest BCUT2D eigenvalue weighted by molar-refractivity contribution is -0.128. The zero-order chi connectivity index (χ0) is 17.3. The Labute approximate surface area is 143 Å². The molecule has 1 N–H and O–H groups in total. The Balaban J connectivity index is 1.83. The second kappa shape index (κ2) is 6.82. The first-order chi connectivity index (χ1) is 11.4. The summed E-state index contributed by atoms with van der Waals surface area (Å²) in [6.07, 6.45) is 2.33. The largest absolute Gasteiger partial charge is 0.342 e. The van der Waals surface area contributed by atoms with Crippen molar-refractivity contribution < 1.29 is 13.2 Å². The summed E-state index contributed by atoms with van der Waals surface area (Å²) in [5.41, 5.74) is 2.19. The average Bonchev–Trinajstić information content (AvgIpc) is 2.95. The van der Waals surface area contributed by atoms with Gasteiger partial charge in [0, 0.05) is 39.1 Å². The Morgan fingerprint density at radius 3 is 2.50 bits per heavy atom. The van der Waals surface area contributed by atoms with Gasteiger partial charge in [-0.05, 0) is 49.6 Å². The molecule has 1 aromatic carbocycles. The second-order valence-corrected chi connectivity index (χ2v) is 8.51. The van der Waals surface area contributed by atoms with E-state index in [0.29, 0.717) is 37.5 Å². The third-order valence-electron chi connectivity index (χ3n) is 5.12. The smallest absolute Gasteiger partial charge is 0.243 e. The number of rotatable bonds is 3. The van der Waals surface area contributed by atoms with Crippen LogP contribution < -0.4 is 5.32 Å². The number of hydrogen-bond acceptors (Lipinski definition) is 4. The summed E-state index contributed by atoms with van der Waals surface area (Å²) in [6, 6.07) is 5.66. The molecule has 1 atom stereocenters. The van der Waals surface area contributed by atoms with E-state index in [-0.39, 0.29) is 11.9 Å². The first-order valence-electron chi connectivity index (χ1n) is 8.46. The molecule has 0 aromatic heterocycles. The molecule has 0 saturated carbocycles. The van der Waals surface area contributed by atoms with Crippen molar-refractivity contribution in [3.8, 4) is 0 Å². The monoisotopic (exact) mass is 351 g/mol. The Morgan fingerprint density at radius 1 is 1.17 bits per heavy atom. The predicted molar refractivity (Wildman–Crippen MR) is 92.3 cm³/mol. The number of benzene rings is 1. The molecular weight excluding hydrogens is 326 g/mol. The van der Waals surface area contributed by atoms with E-state index in [2.05, 4.69) is 5.32 Å². The van der Waals surface area contributed by atoms with Gasteiger partial charge in [-0.15, -0.1) is 0 Å². The molecule has 6 nitrogen and oxygen atoms in total. The fourth-order valence-corrected chi connectivity index (χ4v) is 5.06. The number of sulfonamides is 1. The standard InChI is InChI=1S/C17H25N3O3S/c1-13(21)19-8-5-14-3-4-17(11-15(14)6-9-19)24(22,23)20-10-7-16(12-20)18-2/h3-4,11,16,18H,5-10,12H2,1-2H3. The molecule has 3 rings (SSSR count). The summed E-state index contributed by atoms with van der Waals surface area (Å²) < 4.78 is 27.3. The summed E-state index contributed by atoms with van der Waals surface area (Å²) in [5.74, 6) is 0.0748. The predicted octanol–water partition coefficient (Wildman–Crippen LogP) is 0.616. The third-order valence-corrected chi connectivity index (χ3v) is 6.98. The molecule has 0 bridgehead atoms. The summed E-state index contributed by atoms with van der Waals surface area (Å²) in [5, 5.41) is 3.15. The van der Waals surface area contributed by atoms with E-state index in [9.17, 15) is 13.2 Å². The molecule has 2 aliphatic rings. The van der Waals surface area contributed by atoms with Crippen LogP contribution in [0.4, 0.5) is 0 Å². The van der Waals surface area contributed by atoms with Crippen molar-refractivity contribution in [2.75, 3.05) is 33.2 Å². The van der Waals surface area contributed by atoms with Gasteiger partial charge < -0.3 is 10.2 Å². The number of nitrogens with one attached hydrogen (secondary N) is 1. The van der Waals surface area contributed by atoms with Gasteiger partial charge >= 0.3 is 0 Å². The Bertz CT molecular complexity index is 733. The molecular formula is C17H25N3O3S. The number of fused-ring (bicyclic) bond motifs is 1. The van der Waals surface area contributed by atoms with Crippen LogP contribution in [0.25, 0.3) is 0 Å². The molecule has 24 heavy (non-hydrogen) atoms. The van der Waals surface area contributed by atoms with Gasteiger partial charge in [0.15, 0.2) is 0 Å². The maximum atomic E-state index is 12.9. The van der Waals surface area contributed by atoms with Crippen LogP contribution in [0.2, 0.25) is 0 Å².